The molecule has 1 unspecified atom stereocenters. The highest BCUT2D eigenvalue weighted by molar-refractivity contribution is 6.64. The minimum Gasteiger partial charge on any atom is -0.217 e. The van der Waals surface area contributed by atoms with Gasteiger partial charge in [-0.15, -0.1) is 0 Å². The van der Waals surface area contributed by atoms with Gasteiger partial charge < -0.3 is 0 Å². The average Bonchev–Trinajstić information content (AvgIpc) is 2.05. The summed E-state index contributed by atoms with van der Waals surface area (Å²) < 4.78 is 24.3. The van der Waals surface area contributed by atoms with Crippen molar-refractivity contribution in [3.05, 3.63) is 10.1 Å². The van der Waals surface area contributed by atoms with Gasteiger partial charge in [-0.2, -0.15) is 0 Å². The molecule has 0 aromatic rings. The van der Waals surface area contributed by atoms with Gasteiger partial charge in [0.2, 0.25) is 4.33 Å². The van der Waals surface area contributed by atoms with E-state index in [0.717, 1.165) is 0 Å². The van der Waals surface area contributed by atoms with Crippen molar-refractivity contribution in [3.63, 3.8) is 0 Å². The molecule has 0 nitrogen and oxygen atoms in total. The second-order valence-electron chi connectivity index (χ2n) is 2.35. The maximum Gasteiger partial charge on any atom is 0.274 e. The molecule has 0 spiro atoms. The third-order valence-electron chi connectivity index (χ3n) is 1.53. The van der Waals surface area contributed by atoms with E-state index in [1.807, 2.05) is 0 Å². The zero-order valence-corrected chi connectivity index (χ0v) is 10.1. The summed E-state index contributed by atoms with van der Waals surface area (Å²) in [5, 5.41) is -8.04. The highest BCUT2D eigenvalue weighted by Gasteiger charge is 2.73. The van der Waals surface area contributed by atoms with Crippen LogP contribution in [0.1, 0.15) is 0 Å². The Morgan fingerprint density at radius 3 is 1.31 bits per heavy atom. The average molecular weight is 311 g/mol. The predicted molar refractivity (Wildman–Crippen MR) is 52.6 cm³/mol. The van der Waals surface area contributed by atoms with Crippen LogP contribution in [0.2, 0.25) is 0 Å². The van der Waals surface area contributed by atoms with Gasteiger partial charge in [-0.3, -0.25) is 0 Å². The molecule has 0 saturated carbocycles. The fourth-order valence-corrected chi connectivity index (χ4v) is 2.49. The van der Waals surface area contributed by atoms with Gasteiger partial charge in [-0.1, -0.05) is 69.6 Å². The van der Waals surface area contributed by atoms with Crippen molar-refractivity contribution >= 4 is 69.6 Å². The number of halogens is 8. The molecular weight excluding hydrogens is 311 g/mol. The van der Waals surface area contributed by atoms with Crippen LogP contribution in [0.4, 0.5) is 8.78 Å². The zero-order chi connectivity index (χ0) is 10.7. The lowest BCUT2D eigenvalue weighted by atomic mass is 10.2. The van der Waals surface area contributed by atoms with Gasteiger partial charge in [0.05, 0.1) is 10.1 Å². The van der Waals surface area contributed by atoms with Crippen LogP contribution in [0.5, 0.6) is 0 Å². The number of allylic oxidation sites excluding steroid dienone is 2. The van der Waals surface area contributed by atoms with E-state index < -0.39 is 24.7 Å². The van der Waals surface area contributed by atoms with Gasteiger partial charge in [-0.25, -0.2) is 8.78 Å². The van der Waals surface area contributed by atoms with Gasteiger partial charge in [0.1, 0.15) is 0 Å². The number of rotatable bonds is 0. The van der Waals surface area contributed by atoms with E-state index >= 15 is 0 Å². The van der Waals surface area contributed by atoms with Crippen molar-refractivity contribution in [1.82, 2.24) is 0 Å². The summed E-state index contributed by atoms with van der Waals surface area (Å²) in [7, 11) is 0. The van der Waals surface area contributed by atoms with Crippen molar-refractivity contribution in [1.29, 1.82) is 0 Å². The van der Waals surface area contributed by atoms with E-state index in [9.17, 15) is 8.78 Å². The molecule has 13 heavy (non-hydrogen) atoms. The third kappa shape index (κ3) is 1.37. The van der Waals surface area contributed by atoms with Crippen molar-refractivity contribution < 1.29 is 8.78 Å². The molecule has 0 fully saturated rings. The summed E-state index contributed by atoms with van der Waals surface area (Å²) in [5.41, 5.74) is 0. The predicted octanol–water partition coefficient (Wildman–Crippen LogP) is 4.67. The van der Waals surface area contributed by atoms with Crippen LogP contribution in [0, 0.1) is 0 Å². The third-order valence-corrected chi connectivity index (χ3v) is 5.02. The Morgan fingerprint density at radius 1 is 0.846 bits per heavy atom. The van der Waals surface area contributed by atoms with Gasteiger partial charge >= 0.3 is 0 Å². The lowest BCUT2D eigenvalue weighted by Crippen LogP contribution is -2.45. The maximum absolute atomic E-state index is 13.5. The summed E-state index contributed by atoms with van der Waals surface area (Å²) >= 11 is 31.5. The first-order chi connectivity index (χ1) is 5.57. The molecule has 0 aromatic carbocycles. The Bertz CT molecular complexity index is 255. The number of alkyl halides is 6. The first-order valence-electron chi connectivity index (χ1n) is 2.76. The Morgan fingerprint density at radius 2 is 1.23 bits per heavy atom. The van der Waals surface area contributed by atoms with Crippen molar-refractivity contribution in [2.45, 2.75) is 14.6 Å². The molecule has 0 saturated heterocycles. The van der Waals surface area contributed by atoms with Gasteiger partial charge in [0.15, 0.2) is 0 Å². The fourth-order valence-electron chi connectivity index (χ4n) is 0.749. The van der Waals surface area contributed by atoms with Crippen molar-refractivity contribution in [2.24, 2.45) is 0 Å². The van der Waals surface area contributed by atoms with Crippen LogP contribution >= 0.6 is 69.6 Å². The summed E-state index contributed by atoms with van der Waals surface area (Å²) in [5.74, 6) is 0. The maximum atomic E-state index is 13.5. The Kier molecular flexibility index (Phi) is 3.02. The fraction of sp³-hybridized carbons (Fsp3) is 0.600. The molecule has 2 atom stereocenters. The van der Waals surface area contributed by atoms with Gasteiger partial charge in [0, 0.05) is 0 Å². The first kappa shape index (κ1) is 12.4. The van der Waals surface area contributed by atoms with Crippen LogP contribution in [0.3, 0.4) is 0 Å². The molecule has 0 amide bonds. The molecule has 0 aliphatic heterocycles. The van der Waals surface area contributed by atoms with Crippen LogP contribution < -0.4 is 0 Å². The summed E-state index contributed by atoms with van der Waals surface area (Å²) in [6.45, 7) is 0. The zero-order valence-electron chi connectivity index (χ0n) is 5.52. The second-order valence-corrected chi connectivity index (χ2v) is 5.48. The van der Waals surface area contributed by atoms with E-state index in [-0.39, 0.29) is 0 Å². The van der Waals surface area contributed by atoms with Crippen LogP contribution in [0.15, 0.2) is 10.1 Å². The summed E-state index contributed by atoms with van der Waals surface area (Å²) in [6.07, 6.45) is 0. The Labute approximate surface area is 103 Å². The monoisotopic (exact) mass is 308 g/mol. The van der Waals surface area contributed by atoms with E-state index in [1.54, 1.807) is 0 Å². The van der Waals surface area contributed by atoms with E-state index in [1.165, 1.54) is 0 Å². The minimum atomic E-state index is -3.31. The summed E-state index contributed by atoms with van der Waals surface area (Å²) in [6, 6.07) is 0. The van der Waals surface area contributed by atoms with Gasteiger partial charge in [-0.05, 0) is 0 Å². The quantitative estimate of drug-likeness (QED) is 0.570. The molecular formula is C5Cl6F2. The molecule has 1 aliphatic carbocycles. The lowest BCUT2D eigenvalue weighted by molar-refractivity contribution is 0.136. The lowest BCUT2D eigenvalue weighted by Gasteiger charge is -2.29. The van der Waals surface area contributed by atoms with Crippen molar-refractivity contribution in [3.8, 4) is 0 Å². The van der Waals surface area contributed by atoms with Gasteiger partial charge in [0.25, 0.3) is 10.3 Å². The molecule has 0 radical (unpaired) electrons. The molecule has 76 valence electrons. The Balaban J connectivity index is 3.39. The summed E-state index contributed by atoms with van der Waals surface area (Å²) in [4.78, 5) is 0. The SMILES string of the molecule is FC1(Cl)C(Cl)=C(Cl)C(Cl)(Cl)[C@@]1(F)Cl. The molecule has 1 aliphatic rings. The Hall–Kier alpha value is 1.34. The van der Waals surface area contributed by atoms with E-state index in [2.05, 4.69) is 0 Å². The van der Waals surface area contributed by atoms with Crippen LogP contribution in [-0.4, -0.2) is 14.6 Å². The molecule has 1 rings (SSSR count). The molecule has 8 heteroatoms. The topological polar surface area (TPSA) is 0 Å². The molecule has 0 aromatic heterocycles. The van der Waals surface area contributed by atoms with Crippen LogP contribution in [0.25, 0.3) is 0 Å². The molecule has 0 bridgehead atoms. The van der Waals surface area contributed by atoms with E-state index in [0.29, 0.717) is 0 Å². The van der Waals surface area contributed by atoms with Crippen molar-refractivity contribution in [2.75, 3.05) is 0 Å². The largest absolute Gasteiger partial charge is 0.274 e. The van der Waals surface area contributed by atoms with E-state index in [4.69, 9.17) is 69.6 Å². The van der Waals surface area contributed by atoms with Crippen LogP contribution in [-0.2, 0) is 0 Å². The number of hydrogen-bond acceptors (Lipinski definition) is 0. The smallest absolute Gasteiger partial charge is 0.217 e. The second kappa shape index (κ2) is 3.16. The highest BCUT2D eigenvalue weighted by atomic mass is 35.5. The number of hydrogen-bond donors (Lipinski definition) is 0. The normalized spacial score (nSPS) is 44.3. The molecule has 0 heterocycles. The molecule has 0 N–H and O–H groups in total. The minimum absolute atomic E-state index is 0.660. The highest BCUT2D eigenvalue weighted by Crippen LogP contribution is 2.65. The standard InChI is InChI=1S/C5Cl6F2/c6-1-2(7)4(10,12)5(11,13)3(1,8)9/t4?,5-/m0/s1. The first-order valence-corrected chi connectivity index (χ1v) is 5.03.